The second kappa shape index (κ2) is 13.0. The highest BCUT2D eigenvalue weighted by atomic mass is 35.5. The number of halogens is 1. The minimum Gasteiger partial charge on any atom is -0.394 e. The van der Waals surface area contributed by atoms with E-state index in [0.717, 1.165) is 5.56 Å². The van der Waals surface area contributed by atoms with Crippen molar-refractivity contribution < 1.29 is 24.2 Å². The lowest BCUT2D eigenvalue weighted by Gasteiger charge is -2.40. The Hall–Kier alpha value is -4.24. The minimum absolute atomic E-state index is 0.119. The lowest BCUT2D eigenvalue weighted by molar-refractivity contribution is -0.149. The summed E-state index contributed by atoms with van der Waals surface area (Å²) in [5, 5.41) is 11.3. The molecule has 2 bridgehead atoms. The van der Waals surface area contributed by atoms with Crippen LogP contribution >= 0.6 is 11.6 Å². The summed E-state index contributed by atoms with van der Waals surface area (Å²) in [5.41, 5.74) is 0.238. The minimum atomic E-state index is -1.35. The van der Waals surface area contributed by atoms with Crippen molar-refractivity contribution in [1.82, 2.24) is 4.90 Å². The summed E-state index contributed by atoms with van der Waals surface area (Å²) in [7, 11) is 0. The Labute approximate surface area is 287 Å². The molecule has 1 spiro atoms. The predicted molar refractivity (Wildman–Crippen MR) is 188 cm³/mol. The van der Waals surface area contributed by atoms with Crippen LogP contribution in [-0.4, -0.2) is 64.7 Å². The maximum Gasteiger partial charge on any atom is 0.253 e. The van der Waals surface area contributed by atoms with Crippen LogP contribution in [0.1, 0.15) is 37.4 Å². The summed E-state index contributed by atoms with van der Waals surface area (Å²) in [5.74, 6) is -3.14. The number of aliphatic hydroxyl groups excluding tert-OH is 1. The van der Waals surface area contributed by atoms with Gasteiger partial charge in [-0.3, -0.25) is 14.4 Å². The number of hydrogen-bond acceptors (Lipinski definition) is 5. The first-order valence-electron chi connectivity index (χ1n) is 16.4. The van der Waals surface area contributed by atoms with Gasteiger partial charge in [0.1, 0.15) is 11.6 Å². The average molecular weight is 668 g/mol. The van der Waals surface area contributed by atoms with Crippen molar-refractivity contribution in [2.24, 2.45) is 17.8 Å². The quantitative estimate of drug-likeness (QED) is 0.249. The van der Waals surface area contributed by atoms with Crippen molar-refractivity contribution in [3.05, 3.63) is 120 Å². The van der Waals surface area contributed by atoms with Crippen LogP contribution in [0.5, 0.6) is 0 Å². The molecule has 250 valence electrons. The van der Waals surface area contributed by atoms with E-state index in [1.165, 1.54) is 4.90 Å². The fraction of sp³-hybridized carbons (Fsp3) is 0.359. The molecule has 1 N–H and O–H groups in total. The van der Waals surface area contributed by atoms with Gasteiger partial charge in [-0.05, 0) is 55.5 Å². The summed E-state index contributed by atoms with van der Waals surface area (Å²) in [4.78, 5) is 49.9. The number of carbonyl (C=O) groups excluding carboxylic acids is 3. The fourth-order valence-electron chi connectivity index (χ4n) is 8.46. The number of benzene rings is 3. The number of nitrogens with zero attached hydrogens (tertiary/aromatic N) is 3. The van der Waals surface area contributed by atoms with Gasteiger partial charge in [-0.15, -0.1) is 13.2 Å². The summed E-state index contributed by atoms with van der Waals surface area (Å²) in [6.45, 7) is 13.5. The Morgan fingerprint density at radius 3 is 2.23 bits per heavy atom. The number of ether oxygens (including phenoxy) is 1. The van der Waals surface area contributed by atoms with E-state index in [4.69, 9.17) is 16.3 Å². The molecule has 6 rings (SSSR count). The third-order valence-corrected chi connectivity index (χ3v) is 10.9. The van der Waals surface area contributed by atoms with Crippen molar-refractivity contribution in [2.45, 2.75) is 50.5 Å². The highest BCUT2D eigenvalue weighted by Crippen LogP contribution is 2.66. The molecule has 3 aliphatic rings. The maximum absolute atomic E-state index is 15.3. The van der Waals surface area contributed by atoms with Crippen molar-refractivity contribution in [3.8, 4) is 0 Å². The zero-order valence-electron chi connectivity index (χ0n) is 27.6. The van der Waals surface area contributed by atoms with Crippen LogP contribution in [0.3, 0.4) is 0 Å². The highest BCUT2D eigenvalue weighted by Gasteiger charge is 2.80. The molecule has 0 saturated carbocycles. The molecule has 3 aliphatic heterocycles. The van der Waals surface area contributed by atoms with Crippen LogP contribution in [0.25, 0.3) is 0 Å². The maximum atomic E-state index is 15.3. The van der Waals surface area contributed by atoms with E-state index in [2.05, 4.69) is 13.2 Å². The zero-order valence-corrected chi connectivity index (χ0v) is 28.3. The zero-order chi connectivity index (χ0) is 34.4. The van der Waals surface area contributed by atoms with E-state index in [9.17, 15) is 9.90 Å². The lowest BCUT2D eigenvalue weighted by Crippen LogP contribution is -2.58. The number of likely N-dealkylation sites (tertiary alicyclic amines) is 1. The topological polar surface area (TPSA) is 90.4 Å². The van der Waals surface area contributed by atoms with E-state index in [-0.39, 0.29) is 24.9 Å². The average Bonchev–Trinajstić information content (AvgIpc) is 3.60. The molecular weight excluding hydrogens is 626 g/mol. The van der Waals surface area contributed by atoms with Crippen LogP contribution in [0.15, 0.2) is 104 Å². The number of fused-ring (bicyclic) bond motifs is 1. The second-order valence-electron chi connectivity index (χ2n) is 13.3. The molecular formula is C39H42ClN3O5. The Balaban J connectivity index is 1.55. The van der Waals surface area contributed by atoms with Crippen molar-refractivity contribution in [1.29, 1.82) is 0 Å². The number of rotatable bonds is 11. The van der Waals surface area contributed by atoms with Gasteiger partial charge in [0.15, 0.2) is 0 Å². The molecule has 8 nitrogen and oxygen atoms in total. The van der Waals surface area contributed by atoms with Crippen LogP contribution in [-0.2, 0) is 19.1 Å². The van der Waals surface area contributed by atoms with Crippen LogP contribution in [0.4, 0.5) is 11.4 Å². The van der Waals surface area contributed by atoms with Crippen molar-refractivity contribution >= 4 is 40.7 Å². The first-order valence-corrected chi connectivity index (χ1v) is 16.8. The molecule has 48 heavy (non-hydrogen) atoms. The number of anilines is 2. The lowest BCUT2D eigenvalue weighted by atomic mass is 9.62. The van der Waals surface area contributed by atoms with Crippen molar-refractivity contribution in [3.63, 3.8) is 0 Å². The number of carbonyl (C=O) groups is 3. The number of aryl methyl sites for hydroxylation is 1. The first kappa shape index (κ1) is 33.7. The summed E-state index contributed by atoms with van der Waals surface area (Å²) >= 11 is 6.74. The molecule has 3 saturated heterocycles. The van der Waals surface area contributed by atoms with Crippen LogP contribution in [0.2, 0.25) is 5.02 Å². The van der Waals surface area contributed by atoms with E-state index in [1.54, 1.807) is 28.0 Å². The monoisotopic (exact) mass is 667 g/mol. The fourth-order valence-corrected chi connectivity index (χ4v) is 8.78. The van der Waals surface area contributed by atoms with Crippen LogP contribution < -0.4 is 9.80 Å². The summed E-state index contributed by atoms with van der Waals surface area (Å²) in [6, 6.07) is 21.8. The van der Waals surface area contributed by atoms with Gasteiger partial charge in [-0.1, -0.05) is 91.3 Å². The van der Waals surface area contributed by atoms with E-state index in [1.807, 2.05) is 93.6 Å². The first-order chi connectivity index (χ1) is 23.0. The van der Waals surface area contributed by atoms with Gasteiger partial charge in [0.05, 0.1) is 40.8 Å². The standard InChI is InChI=1S/C39H42ClN3O5/c1-6-21-41(28-18-12-9-13-19-28)35(45)31-32-36(46)43(30(24-44)27-16-10-8-11-17-27)34(39(32)23-26(4)38(31,5)48-39)37(47)42(22-7-2)33-25(3)15-14-20-29(33)40/h6-20,26,30-32,34,44H,1-2,21-24H2,3-5H3/t26?,30-,31+,32+,34?,38-,39?/m1/s1. The van der Waals surface area contributed by atoms with Gasteiger partial charge < -0.3 is 24.5 Å². The van der Waals surface area contributed by atoms with E-state index < -0.39 is 53.5 Å². The van der Waals surface area contributed by atoms with Gasteiger partial charge in [0.25, 0.3) is 5.91 Å². The molecule has 9 heteroatoms. The Morgan fingerprint density at radius 2 is 1.62 bits per heavy atom. The smallest absolute Gasteiger partial charge is 0.253 e. The number of amides is 3. The molecule has 0 aromatic heterocycles. The number of para-hydroxylation sites is 2. The molecule has 3 amide bonds. The molecule has 3 fully saturated rings. The number of aliphatic hydroxyl groups is 1. The van der Waals surface area contributed by atoms with Gasteiger partial charge in [0.2, 0.25) is 11.8 Å². The molecule has 0 radical (unpaired) electrons. The molecule has 3 aromatic carbocycles. The molecule has 7 atom stereocenters. The van der Waals surface area contributed by atoms with Gasteiger partial charge in [-0.25, -0.2) is 0 Å². The Kier molecular flexibility index (Phi) is 9.11. The largest absolute Gasteiger partial charge is 0.394 e. The highest BCUT2D eigenvalue weighted by molar-refractivity contribution is 6.34. The van der Waals surface area contributed by atoms with E-state index in [0.29, 0.717) is 28.4 Å². The molecule has 3 aromatic rings. The SMILES string of the molecule is C=CCN(C(=O)[C@@H]1[C@H]2C(=O)N([C@H](CO)c3ccccc3)C(C(=O)N(CC=C)c3c(C)cccc3Cl)C23CC(C)[C@@]1(C)O3)c1ccccc1. The predicted octanol–water partition coefficient (Wildman–Crippen LogP) is 6.13. The van der Waals surface area contributed by atoms with Crippen molar-refractivity contribution in [2.75, 3.05) is 29.5 Å². The van der Waals surface area contributed by atoms with Gasteiger partial charge in [0, 0.05) is 18.8 Å². The summed E-state index contributed by atoms with van der Waals surface area (Å²) in [6.07, 6.45) is 3.65. The molecule has 3 unspecified atom stereocenters. The van der Waals surface area contributed by atoms with E-state index >= 15 is 9.59 Å². The third-order valence-electron chi connectivity index (χ3n) is 10.6. The van der Waals surface area contributed by atoms with Gasteiger partial charge >= 0.3 is 0 Å². The Bertz CT molecular complexity index is 1710. The summed E-state index contributed by atoms with van der Waals surface area (Å²) < 4.78 is 7.05. The Morgan fingerprint density at radius 1 is 1.00 bits per heavy atom. The number of hydrogen-bond donors (Lipinski definition) is 1. The second-order valence-corrected chi connectivity index (χ2v) is 13.7. The normalized spacial score (nSPS) is 27.8. The molecule has 3 heterocycles. The van der Waals surface area contributed by atoms with Gasteiger partial charge in [-0.2, -0.15) is 0 Å². The third kappa shape index (κ3) is 5.09. The molecule has 0 aliphatic carbocycles. The van der Waals surface area contributed by atoms with Crippen LogP contribution in [0, 0.1) is 24.7 Å².